The monoisotopic (exact) mass is 344 g/mol. The van der Waals surface area contributed by atoms with Crippen molar-refractivity contribution in [3.05, 3.63) is 29.8 Å². The third-order valence-corrected chi connectivity index (χ3v) is 4.71. The van der Waals surface area contributed by atoms with Gasteiger partial charge in [-0.2, -0.15) is 0 Å². The van der Waals surface area contributed by atoms with Crippen molar-refractivity contribution in [2.45, 2.75) is 49.8 Å². The van der Waals surface area contributed by atoms with E-state index in [2.05, 4.69) is 40.2 Å². The third-order valence-electron chi connectivity index (χ3n) is 3.75. The van der Waals surface area contributed by atoms with Gasteiger partial charge in [-0.1, -0.05) is 40.5 Å². The van der Waals surface area contributed by atoms with Crippen molar-refractivity contribution >= 4 is 27.5 Å². The SMILES string of the molecule is ClC1CCCC(c2ccccc2OCCCCBr)C1. The minimum absolute atomic E-state index is 0.334. The molecule has 1 aliphatic rings. The highest BCUT2D eigenvalue weighted by Crippen LogP contribution is 2.39. The summed E-state index contributed by atoms with van der Waals surface area (Å²) in [6.07, 6.45) is 6.98. The van der Waals surface area contributed by atoms with E-state index in [-0.39, 0.29) is 0 Å². The van der Waals surface area contributed by atoms with Gasteiger partial charge in [-0.05, 0) is 49.7 Å². The molecule has 3 heteroatoms. The molecule has 2 atom stereocenters. The smallest absolute Gasteiger partial charge is 0.122 e. The van der Waals surface area contributed by atoms with Gasteiger partial charge in [0.05, 0.1) is 6.61 Å². The molecule has 106 valence electrons. The average molecular weight is 346 g/mol. The molecule has 19 heavy (non-hydrogen) atoms. The quantitative estimate of drug-likeness (QED) is 0.488. The van der Waals surface area contributed by atoms with E-state index in [1.807, 2.05) is 0 Å². The van der Waals surface area contributed by atoms with Gasteiger partial charge in [-0.25, -0.2) is 0 Å². The Labute approximate surface area is 129 Å². The lowest BCUT2D eigenvalue weighted by atomic mass is 9.83. The summed E-state index contributed by atoms with van der Waals surface area (Å²) in [7, 11) is 0. The number of para-hydroxylation sites is 1. The lowest BCUT2D eigenvalue weighted by molar-refractivity contribution is 0.301. The van der Waals surface area contributed by atoms with E-state index in [9.17, 15) is 0 Å². The van der Waals surface area contributed by atoms with Crippen LogP contribution in [0.25, 0.3) is 0 Å². The molecule has 0 saturated heterocycles. The molecule has 0 aliphatic heterocycles. The second-order valence-electron chi connectivity index (χ2n) is 5.24. The highest BCUT2D eigenvalue weighted by Gasteiger charge is 2.23. The van der Waals surface area contributed by atoms with Gasteiger partial charge in [-0.15, -0.1) is 11.6 Å². The van der Waals surface area contributed by atoms with Gasteiger partial charge >= 0.3 is 0 Å². The lowest BCUT2D eigenvalue weighted by Gasteiger charge is -2.27. The van der Waals surface area contributed by atoms with Gasteiger partial charge in [0.1, 0.15) is 5.75 Å². The summed E-state index contributed by atoms with van der Waals surface area (Å²) in [5.74, 6) is 1.64. The van der Waals surface area contributed by atoms with Crippen LogP contribution in [0.3, 0.4) is 0 Å². The summed E-state index contributed by atoms with van der Waals surface area (Å²) in [6, 6.07) is 8.48. The highest BCUT2D eigenvalue weighted by molar-refractivity contribution is 9.09. The van der Waals surface area contributed by atoms with Crippen LogP contribution in [0.4, 0.5) is 0 Å². The van der Waals surface area contributed by atoms with Gasteiger partial charge in [-0.3, -0.25) is 0 Å². The Morgan fingerprint density at radius 3 is 2.84 bits per heavy atom. The Morgan fingerprint density at radius 2 is 2.05 bits per heavy atom. The fourth-order valence-corrected chi connectivity index (χ4v) is 3.51. The molecule has 0 radical (unpaired) electrons. The molecule has 1 nitrogen and oxygen atoms in total. The first kappa shape index (κ1) is 15.2. The molecular formula is C16H22BrClO. The highest BCUT2D eigenvalue weighted by atomic mass is 79.9. The summed E-state index contributed by atoms with van der Waals surface area (Å²) in [6.45, 7) is 0.805. The normalized spacial score (nSPS) is 23.3. The zero-order valence-corrected chi connectivity index (χ0v) is 13.6. The molecule has 2 rings (SSSR count). The van der Waals surface area contributed by atoms with E-state index in [1.165, 1.54) is 18.4 Å². The molecule has 1 aromatic carbocycles. The molecule has 0 spiro atoms. The van der Waals surface area contributed by atoms with Crippen LogP contribution in [0, 0.1) is 0 Å². The van der Waals surface area contributed by atoms with Crippen LogP contribution in [0.5, 0.6) is 5.75 Å². The maximum absolute atomic E-state index is 6.31. The number of hydrogen-bond acceptors (Lipinski definition) is 1. The van der Waals surface area contributed by atoms with Crippen LogP contribution in [0.1, 0.15) is 50.0 Å². The lowest BCUT2D eigenvalue weighted by Crippen LogP contribution is -2.15. The topological polar surface area (TPSA) is 9.23 Å². The first-order valence-corrected chi connectivity index (χ1v) is 8.79. The van der Waals surface area contributed by atoms with Crippen molar-refractivity contribution in [1.29, 1.82) is 0 Å². The molecule has 1 saturated carbocycles. The Morgan fingerprint density at radius 1 is 1.21 bits per heavy atom. The fraction of sp³-hybridized carbons (Fsp3) is 0.625. The number of rotatable bonds is 6. The predicted octanol–water partition coefficient (Wildman–Crippen LogP) is 5.51. The second kappa shape index (κ2) is 8.16. The largest absolute Gasteiger partial charge is 0.493 e. The molecular weight excluding hydrogens is 324 g/mol. The summed E-state index contributed by atoms with van der Waals surface area (Å²) < 4.78 is 5.96. The molecule has 1 aliphatic carbocycles. The van der Waals surface area contributed by atoms with E-state index < -0.39 is 0 Å². The first-order chi connectivity index (χ1) is 9.31. The number of hydrogen-bond donors (Lipinski definition) is 0. The maximum Gasteiger partial charge on any atom is 0.122 e. The van der Waals surface area contributed by atoms with Crippen molar-refractivity contribution in [3.8, 4) is 5.75 Å². The second-order valence-corrected chi connectivity index (χ2v) is 6.65. The summed E-state index contributed by atoms with van der Waals surface area (Å²) >= 11 is 9.76. The van der Waals surface area contributed by atoms with Gasteiger partial charge in [0.15, 0.2) is 0 Å². The minimum Gasteiger partial charge on any atom is -0.493 e. The van der Waals surface area contributed by atoms with E-state index in [1.54, 1.807) is 0 Å². The standard InChI is InChI=1S/C16H22BrClO/c17-10-3-4-11-19-16-9-2-1-8-15(16)13-6-5-7-14(18)12-13/h1-2,8-9,13-14H,3-7,10-12H2. The van der Waals surface area contributed by atoms with Crippen molar-refractivity contribution in [1.82, 2.24) is 0 Å². The number of alkyl halides is 2. The Hall–Kier alpha value is -0.210. The summed E-state index contributed by atoms with van der Waals surface area (Å²) in [5.41, 5.74) is 1.35. The molecule has 1 fully saturated rings. The predicted molar refractivity (Wildman–Crippen MR) is 85.8 cm³/mol. The van der Waals surface area contributed by atoms with Crippen molar-refractivity contribution in [2.24, 2.45) is 0 Å². The maximum atomic E-state index is 6.31. The van der Waals surface area contributed by atoms with Gasteiger partial charge in [0, 0.05) is 10.7 Å². The fourth-order valence-electron chi connectivity index (χ4n) is 2.74. The molecule has 0 heterocycles. The van der Waals surface area contributed by atoms with Gasteiger partial charge in [0.2, 0.25) is 0 Å². The first-order valence-electron chi connectivity index (χ1n) is 7.23. The molecule has 0 aromatic heterocycles. The number of ether oxygens (including phenoxy) is 1. The number of unbranched alkanes of at least 4 members (excludes halogenated alkanes) is 1. The van der Waals surface area contributed by atoms with Crippen molar-refractivity contribution in [2.75, 3.05) is 11.9 Å². The van der Waals surface area contributed by atoms with Crippen LogP contribution < -0.4 is 4.74 Å². The molecule has 0 bridgehead atoms. The summed E-state index contributed by atoms with van der Waals surface area (Å²) in [5, 5.41) is 1.38. The van der Waals surface area contributed by atoms with Crippen LogP contribution in [-0.4, -0.2) is 17.3 Å². The minimum atomic E-state index is 0.334. The molecule has 2 unspecified atom stereocenters. The van der Waals surface area contributed by atoms with Crippen LogP contribution in [0.2, 0.25) is 0 Å². The Kier molecular flexibility index (Phi) is 6.52. The third kappa shape index (κ3) is 4.68. The zero-order valence-electron chi connectivity index (χ0n) is 11.3. The van der Waals surface area contributed by atoms with Gasteiger partial charge in [0.25, 0.3) is 0 Å². The van der Waals surface area contributed by atoms with Crippen LogP contribution >= 0.6 is 27.5 Å². The Bertz CT molecular complexity index is 383. The Balaban J connectivity index is 1.99. The molecule has 1 aromatic rings. The number of benzene rings is 1. The van der Waals surface area contributed by atoms with Crippen molar-refractivity contribution in [3.63, 3.8) is 0 Å². The van der Waals surface area contributed by atoms with Crippen LogP contribution in [-0.2, 0) is 0 Å². The van der Waals surface area contributed by atoms with Gasteiger partial charge < -0.3 is 4.74 Å². The van der Waals surface area contributed by atoms with E-state index >= 15 is 0 Å². The van der Waals surface area contributed by atoms with Crippen LogP contribution in [0.15, 0.2) is 24.3 Å². The van der Waals surface area contributed by atoms with E-state index in [0.717, 1.165) is 43.4 Å². The molecule has 0 amide bonds. The van der Waals surface area contributed by atoms with Crippen molar-refractivity contribution < 1.29 is 4.74 Å². The zero-order chi connectivity index (χ0) is 13.5. The number of halogens is 2. The van der Waals surface area contributed by atoms with E-state index in [0.29, 0.717) is 11.3 Å². The van der Waals surface area contributed by atoms with E-state index in [4.69, 9.17) is 16.3 Å². The summed E-state index contributed by atoms with van der Waals surface area (Å²) in [4.78, 5) is 0. The average Bonchev–Trinajstić information content (AvgIpc) is 2.44. The molecule has 0 N–H and O–H groups in total.